The van der Waals surface area contributed by atoms with Gasteiger partial charge >= 0.3 is 0 Å². The van der Waals surface area contributed by atoms with E-state index in [9.17, 15) is 0 Å². The Balaban J connectivity index is 2.03. The van der Waals surface area contributed by atoms with E-state index in [2.05, 4.69) is 19.2 Å². The van der Waals surface area contributed by atoms with Gasteiger partial charge in [0.15, 0.2) is 0 Å². The Morgan fingerprint density at radius 3 is 2.67 bits per heavy atom. The van der Waals surface area contributed by atoms with Crippen molar-refractivity contribution >= 4 is 0 Å². The quantitative estimate of drug-likeness (QED) is 0.677. The van der Waals surface area contributed by atoms with Gasteiger partial charge in [-0.3, -0.25) is 0 Å². The Bertz CT molecular complexity index is 175. The van der Waals surface area contributed by atoms with Crippen LogP contribution in [0.25, 0.3) is 0 Å². The molecule has 4 atom stereocenters. The van der Waals surface area contributed by atoms with Crippen LogP contribution < -0.4 is 5.32 Å². The first-order valence-electron chi connectivity index (χ1n) is 4.97. The van der Waals surface area contributed by atoms with Crippen LogP contribution in [-0.4, -0.2) is 24.8 Å². The molecule has 3 fully saturated rings. The fraction of sp³-hybridized carbons (Fsp3) is 1.00. The third-order valence-corrected chi connectivity index (χ3v) is 3.63. The lowest BCUT2D eigenvalue weighted by Gasteiger charge is -2.58. The number of piperidine rings is 1. The van der Waals surface area contributed by atoms with Crippen LogP contribution >= 0.6 is 0 Å². The average Bonchev–Trinajstić information content (AvgIpc) is 2.00. The molecule has 2 heteroatoms. The second-order valence-electron chi connectivity index (χ2n) is 4.62. The van der Waals surface area contributed by atoms with E-state index >= 15 is 0 Å². The molecule has 0 amide bonds. The van der Waals surface area contributed by atoms with Gasteiger partial charge in [-0.15, -0.1) is 0 Å². The summed E-state index contributed by atoms with van der Waals surface area (Å²) in [6.45, 7) is 4.53. The molecule has 0 aromatic carbocycles. The lowest BCUT2D eigenvalue weighted by atomic mass is 9.64. The van der Waals surface area contributed by atoms with Gasteiger partial charge in [-0.05, 0) is 32.1 Å². The Kier molecular flexibility index (Phi) is 1.92. The SMILES string of the molecule is COC(C)[C@@]12CC(C[C@@H](C)C1)N2. The summed E-state index contributed by atoms with van der Waals surface area (Å²) in [5.41, 5.74) is 0.330. The molecule has 0 aromatic rings. The molecule has 0 spiro atoms. The van der Waals surface area contributed by atoms with Crippen molar-refractivity contribution in [3.8, 4) is 0 Å². The zero-order chi connectivity index (χ0) is 8.77. The molecule has 0 aromatic heterocycles. The number of hydrogen-bond donors (Lipinski definition) is 1. The first-order chi connectivity index (χ1) is 5.66. The van der Waals surface area contributed by atoms with Crippen LogP contribution in [-0.2, 0) is 4.74 Å². The molecule has 1 saturated carbocycles. The molecule has 70 valence electrons. The molecule has 1 N–H and O–H groups in total. The van der Waals surface area contributed by atoms with Crippen LogP contribution in [0.15, 0.2) is 0 Å². The van der Waals surface area contributed by atoms with E-state index in [0.717, 1.165) is 12.0 Å². The van der Waals surface area contributed by atoms with Crippen LogP contribution in [0.5, 0.6) is 0 Å². The van der Waals surface area contributed by atoms with Gasteiger partial charge in [-0.25, -0.2) is 0 Å². The molecule has 2 heterocycles. The normalized spacial score (nSPS) is 48.2. The first kappa shape index (κ1) is 8.52. The largest absolute Gasteiger partial charge is 0.380 e. The van der Waals surface area contributed by atoms with Crippen molar-refractivity contribution in [2.45, 2.75) is 50.8 Å². The van der Waals surface area contributed by atoms with Crippen molar-refractivity contribution in [2.24, 2.45) is 5.92 Å². The average molecular weight is 169 g/mol. The van der Waals surface area contributed by atoms with Crippen LogP contribution in [0.2, 0.25) is 0 Å². The summed E-state index contributed by atoms with van der Waals surface area (Å²) < 4.78 is 5.42. The van der Waals surface area contributed by atoms with Crippen molar-refractivity contribution in [3.63, 3.8) is 0 Å². The molecule has 3 aliphatic rings. The molecule has 12 heavy (non-hydrogen) atoms. The number of fused-ring (bicyclic) bond motifs is 2. The second-order valence-corrected chi connectivity index (χ2v) is 4.62. The second kappa shape index (κ2) is 2.71. The minimum Gasteiger partial charge on any atom is -0.380 e. The predicted molar refractivity (Wildman–Crippen MR) is 49.1 cm³/mol. The lowest BCUT2D eigenvalue weighted by molar-refractivity contribution is -0.0700. The van der Waals surface area contributed by atoms with Crippen molar-refractivity contribution in [1.82, 2.24) is 5.32 Å². The lowest BCUT2D eigenvalue weighted by Crippen LogP contribution is -2.72. The minimum atomic E-state index is 0.330. The van der Waals surface area contributed by atoms with E-state index in [1.165, 1.54) is 19.3 Å². The maximum absolute atomic E-state index is 5.42. The predicted octanol–water partition coefficient (Wildman–Crippen LogP) is 1.55. The highest BCUT2D eigenvalue weighted by Crippen LogP contribution is 2.43. The van der Waals surface area contributed by atoms with Gasteiger partial charge in [-0.2, -0.15) is 0 Å². The van der Waals surface area contributed by atoms with E-state index in [1.807, 2.05) is 7.11 Å². The van der Waals surface area contributed by atoms with Crippen molar-refractivity contribution in [2.75, 3.05) is 7.11 Å². The molecule has 0 radical (unpaired) electrons. The van der Waals surface area contributed by atoms with E-state index in [1.54, 1.807) is 0 Å². The highest BCUT2D eigenvalue weighted by atomic mass is 16.5. The van der Waals surface area contributed by atoms with Crippen LogP contribution in [0, 0.1) is 5.92 Å². The van der Waals surface area contributed by atoms with Crippen molar-refractivity contribution < 1.29 is 4.74 Å². The standard InChI is InChI=1S/C10H19NO/c1-7-4-9-6-10(5-7,11-9)8(2)12-3/h7-9,11H,4-6H2,1-3H3/t7-,8?,9?,10+/m1/s1. The van der Waals surface area contributed by atoms with Gasteiger partial charge in [0.1, 0.15) is 0 Å². The summed E-state index contributed by atoms with van der Waals surface area (Å²) in [4.78, 5) is 0. The Morgan fingerprint density at radius 2 is 2.17 bits per heavy atom. The molecule has 2 unspecified atom stereocenters. The minimum absolute atomic E-state index is 0.330. The van der Waals surface area contributed by atoms with Crippen LogP contribution in [0.4, 0.5) is 0 Å². The number of methoxy groups -OCH3 is 1. The highest BCUT2D eigenvalue weighted by Gasteiger charge is 2.52. The highest BCUT2D eigenvalue weighted by molar-refractivity contribution is 5.11. The van der Waals surface area contributed by atoms with Crippen LogP contribution in [0.1, 0.15) is 33.1 Å². The number of rotatable bonds is 2. The number of ether oxygens (including phenoxy) is 1. The summed E-state index contributed by atoms with van der Waals surface area (Å²) in [5, 5.41) is 3.65. The maximum Gasteiger partial charge on any atom is 0.0725 e. The fourth-order valence-corrected chi connectivity index (χ4v) is 2.98. The molecule has 2 aliphatic heterocycles. The molecular weight excluding hydrogens is 150 g/mol. The van der Waals surface area contributed by atoms with Gasteiger partial charge < -0.3 is 10.1 Å². The van der Waals surface area contributed by atoms with Crippen molar-refractivity contribution in [1.29, 1.82) is 0 Å². The van der Waals surface area contributed by atoms with Gasteiger partial charge in [-0.1, -0.05) is 6.92 Å². The third kappa shape index (κ3) is 1.09. The molecule has 2 nitrogen and oxygen atoms in total. The Morgan fingerprint density at radius 1 is 1.50 bits per heavy atom. The van der Waals surface area contributed by atoms with E-state index in [-0.39, 0.29) is 0 Å². The summed E-state index contributed by atoms with van der Waals surface area (Å²) in [6, 6.07) is 0.784. The molecule has 1 aliphatic carbocycles. The number of hydrogen-bond acceptors (Lipinski definition) is 2. The van der Waals surface area contributed by atoms with Crippen LogP contribution in [0.3, 0.4) is 0 Å². The summed E-state index contributed by atoms with van der Waals surface area (Å²) in [7, 11) is 1.81. The Hall–Kier alpha value is -0.0800. The van der Waals surface area contributed by atoms with E-state index < -0.39 is 0 Å². The molecular formula is C10H19NO. The van der Waals surface area contributed by atoms with E-state index in [0.29, 0.717) is 11.6 Å². The smallest absolute Gasteiger partial charge is 0.0725 e. The monoisotopic (exact) mass is 169 g/mol. The van der Waals surface area contributed by atoms with Gasteiger partial charge in [0.25, 0.3) is 0 Å². The van der Waals surface area contributed by atoms with Gasteiger partial charge in [0.05, 0.1) is 6.10 Å². The van der Waals surface area contributed by atoms with Gasteiger partial charge in [0, 0.05) is 18.7 Å². The first-order valence-corrected chi connectivity index (χ1v) is 4.97. The zero-order valence-electron chi connectivity index (χ0n) is 8.26. The molecule has 3 rings (SSSR count). The van der Waals surface area contributed by atoms with Crippen molar-refractivity contribution in [3.05, 3.63) is 0 Å². The Labute approximate surface area is 74.7 Å². The van der Waals surface area contributed by atoms with Gasteiger partial charge in [0.2, 0.25) is 0 Å². The summed E-state index contributed by atoms with van der Waals surface area (Å²) in [5.74, 6) is 0.877. The molecule has 2 saturated heterocycles. The summed E-state index contributed by atoms with van der Waals surface area (Å²) in [6.07, 6.45) is 4.35. The fourth-order valence-electron chi connectivity index (χ4n) is 2.98. The van der Waals surface area contributed by atoms with E-state index in [4.69, 9.17) is 4.74 Å². The molecule has 2 bridgehead atoms. The summed E-state index contributed by atoms with van der Waals surface area (Å²) >= 11 is 0. The maximum atomic E-state index is 5.42. The number of nitrogens with one attached hydrogen (secondary N) is 1. The zero-order valence-corrected chi connectivity index (χ0v) is 8.26. The topological polar surface area (TPSA) is 21.3 Å². The third-order valence-electron chi connectivity index (χ3n) is 3.63.